The summed E-state index contributed by atoms with van der Waals surface area (Å²) in [5.74, 6) is 0.199. The molecule has 0 rings (SSSR count). The molecule has 1 atom stereocenters. The maximum atomic E-state index is 10.9. The molecule has 4 nitrogen and oxygen atoms in total. The van der Waals surface area contributed by atoms with E-state index in [1.165, 1.54) is 141 Å². The van der Waals surface area contributed by atoms with E-state index in [-0.39, 0.29) is 63.9 Å². The van der Waals surface area contributed by atoms with E-state index in [0.717, 1.165) is 25.7 Å². The van der Waals surface area contributed by atoms with Crippen molar-refractivity contribution in [3.05, 3.63) is 0 Å². The Balaban J connectivity index is 0. The predicted octanol–water partition coefficient (Wildman–Crippen LogP) is 7.27. The van der Waals surface area contributed by atoms with Crippen molar-refractivity contribution in [1.29, 1.82) is 0 Å². The Hall–Kier alpha value is 1.51. The van der Waals surface area contributed by atoms with Gasteiger partial charge in [0.25, 0.3) is 0 Å². The molecule has 0 aliphatic heterocycles. The second-order valence-electron chi connectivity index (χ2n) is 10.9. The van der Waals surface area contributed by atoms with Crippen molar-refractivity contribution in [3.8, 4) is 0 Å². The summed E-state index contributed by atoms with van der Waals surface area (Å²) in [6.07, 6.45) is 33.7. The molecule has 212 valence electrons. The summed E-state index contributed by atoms with van der Waals surface area (Å²) in [7, 11) is -4.58. The molecule has 0 aromatic rings. The molecule has 0 aromatic carbocycles. The summed E-state index contributed by atoms with van der Waals surface area (Å²) in [5.41, 5.74) is 0. The molecule has 0 aromatic heterocycles. The number of hydrogen-bond donors (Lipinski definition) is 0. The van der Waals surface area contributed by atoms with E-state index in [1.807, 2.05) is 0 Å². The minimum atomic E-state index is -4.58. The van der Waals surface area contributed by atoms with Gasteiger partial charge in [-0.25, -0.2) is 8.42 Å². The van der Waals surface area contributed by atoms with Gasteiger partial charge in [0, 0.05) is 0 Å². The number of unbranched alkanes of at least 4 members (excludes halogenated alkanes) is 22. The van der Waals surface area contributed by atoms with Crippen LogP contribution < -0.4 is 51.4 Å². The van der Waals surface area contributed by atoms with Crippen LogP contribution in [-0.2, 0) is 14.6 Å². The molecule has 0 fully saturated rings. The van der Waals surface area contributed by atoms with Crippen molar-refractivity contribution in [2.45, 2.75) is 181 Å². The minimum Gasteiger partial charge on any atom is -0.726 e. The maximum Gasteiger partial charge on any atom is 1.00 e. The van der Waals surface area contributed by atoms with Crippen LogP contribution in [0.4, 0.5) is 0 Å². The third-order valence-electron chi connectivity index (χ3n) is 7.38. The van der Waals surface area contributed by atoms with E-state index < -0.39 is 10.4 Å². The van der Waals surface area contributed by atoms with Crippen molar-refractivity contribution in [3.63, 3.8) is 0 Å². The fourth-order valence-electron chi connectivity index (χ4n) is 5.04. The molecular weight excluding hydrogens is 495 g/mol. The molecule has 0 saturated heterocycles. The molecule has 0 aliphatic carbocycles. The first-order valence-corrected chi connectivity index (χ1v) is 16.9. The van der Waals surface area contributed by atoms with Gasteiger partial charge in [0.05, 0.1) is 6.61 Å². The summed E-state index contributed by atoms with van der Waals surface area (Å²) in [4.78, 5) is 0. The van der Waals surface area contributed by atoms with Gasteiger partial charge in [-0.2, -0.15) is 0 Å². The van der Waals surface area contributed by atoms with Crippen LogP contribution in [0.15, 0.2) is 0 Å². The summed E-state index contributed by atoms with van der Waals surface area (Å²) >= 11 is 0. The average Bonchev–Trinajstić information content (AvgIpc) is 2.82. The summed E-state index contributed by atoms with van der Waals surface area (Å²) in [6.45, 7) is 4.59. The van der Waals surface area contributed by atoms with E-state index in [2.05, 4.69) is 18.0 Å². The molecule has 0 bridgehead atoms. The second-order valence-corrected chi connectivity index (χ2v) is 12.0. The Morgan fingerprint density at radius 2 is 0.750 bits per heavy atom. The van der Waals surface area contributed by atoms with Gasteiger partial charge in [-0.15, -0.1) is 0 Å². The van der Waals surface area contributed by atoms with E-state index in [4.69, 9.17) is 0 Å². The molecular formula is C30H61KO4S. The molecule has 0 amide bonds. The zero-order valence-corrected chi connectivity index (χ0v) is 28.7. The van der Waals surface area contributed by atoms with E-state index >= 15 is 0 Å². The Morgan fingerprint density at radius 1 is 0.500 bits per heavy atom. The van der Waals surface area contributed by atoms with Crippen molar-refractivity contribution in [2.75, 3.05) is 6.61 Å². The number of hydrogen-bond acceptors (Lipinski definition) is 4. The van der Waals surface area contributed by atoms with Crippen LogP contribution in [-0.4, -0.2) is 19.6 Å². The molecule has 0 N–H and O–H groups in total. The van der Waals surface area contributed by atoms with Crippen LogP contribution in [0.3, 0.4) is 0 Å². The third-order valence-corrected chi connectivity index (χ3v) is 7.80. The van der Waals surface area contributed by atoms with E-state index in [0.29, 0.717) is 0 Å². The quantitative estimate of drug-likeness (QED) is 0.0421. The first kappa shape index (κ1) is 39.6. The van der Waals surface area contributed by atoms with Crippen molar-refractivity contribution < 1.29 is 68.5 Å². The Bertz CT molecular complexity index is 513. The Morgan fingerprint density at radius 3 is 1.00 bits per heavy atom. The van der Waals surface area contributed by atoms with Crippen LogP contribution in [0.25, 0.3) is 0 Å². The standard InChI is InChI=1S/C30H62O4S.K/c1-3-5-7-9-11-13-14-15-16-17-18-20-22-24-26-28-30(29-34-35(31,32)33)27-25-23-21-19-12-10-8-6-4-2;/h30H,3-29H2,1-2H3,(H,31,32,33);/q;+1/p-1. The molecule has 1 unspecified atom stereocenters. The van der Waals surface area contributed by atoms with Crippen LogP contribution >= 0.6 is 0 Å². The van der Waals surface area contributed by atoms with Gasteiger partial charge in [-0.3, -0.25) is 4.18 Å². The van der Waals surface area contributed by atoms with Crippen LogP contribution in [0.2, 0.25) is 0 Å². The number of rotatable bonds is 29. The SMILES string of the molecule is CCCCCCCCCCCCCCCCCC(CCCCCCCCCCC)COS(=O)(=O)[O-].[K+]. The van der Waals surface area contributed by atoms with Crippen molar-refractivity contribution in [1.82, 2.24) is 0 Å². The Kier molecular flexibility index (Phi) is 34.2. The van der Waals surface area contributed by atoms with Gasteiger partial charge >= 0.3 is 51.4 Å². The average molecular weight is 557 g/mol. The fraction of sp³-hybridized carbons (Fsp3) is 1.00. The van der Waals surface area contributed by atoms with Crippen LogP contribution in [0.5, 0.6) is 0 Å². The Labute approximate surface area is 269 Å². The first-order valence-electron chi connectivity index (χ1n) is 15.6. The van der Waals surface area contributed by atoms with Gasteiger partial charge < -0.3 is 4.55 Å². The van der Waals surface area contributed by atoms with Gasteiger partial charge in [0.2, 0.25) is 10.4 Å². The van der Waals surface area contributed by atoms with E-state index in [9.17, 15) is 13.0 Å². The first-order chi connectivity index (χ1) is 17.0. The largest absolute Gasteiger partial charge is 1.00 e. The van der Waals surface area contributed by atoms with Gasteiger partial charge in [-0.05, 0) is 18.8 Å². The van der Waals surface area contributed by atoms with Gasteiger partial charge in [0.15, 0.2) is 0 Å². The van der Waals surface area contributed by atoms with E-state index in [1.54, 1.807) is 0 Å². The van der Waals surface area contributed by atoms with Crippen molar-refractivity contribution >= 4 is 10.4 Å². The summed E-state index contributed by atoms with van der Waals surface area (Å²) in [5, 5.41) is 0. The molecule has 0 radical (unpaired) electrons. The topological polar surface area (TPSA) is 66.4 Å². The minimum absolute atomic E-state index is 0. The van der Waals surface area contributed by atoms with Crippen LogP contribution in [0, 0.1) is 5.92 Å². The zero-order chi connectivity index (χ0) is 25.9. The van der Waals surface area contributed by atoms with Crippen LogP contribution in [0.1, 0.15) is 181 Å². The third kappa shape index (κ3) is 33.5. The zero-order valence-electron chi connectivity index (χ0n) is 24.7. The summed E-state index contributed by atoms with van der Waals surface area (Å²) in [6, 6.07) is 0. The van der Waals surface area contributed by atoms with Gasteiger partial charge in [0.1, 0.15) is 0 Å². The monoisotopic (exact) mass is 556 g/mol. The molecule has 0 heterocycles. The molecule has 6 heteroatoms. The van der Waals surface area contributed by atoms with Gasteiger partial charge in [-0.1, -0.05) is 168 Å². The second kappa shape index (κ2) is 31.0. The molecule has 36 heavy (non-hydrogen) atoms. The molecule has 0 spiro atoms. The fourth-order valence-corrected chi connectivity index (χ4v) is 5.40. The molecule has 0 saturated carbocycles. The molecule has 0 aliphatic rings. The maximum absolute atomic E-state index is 10.9. The normalized spacial score (nSPS) is 12.5. The van der Waals surface area contributed by atoms with Crippen molar-refractivity contribution in [2.24, 2.45) is 5.92 Å². The summed E-state index contributed by atoms with van der Waals surface area (Å²) < 4.78 is 37.3. The smallest absolute Gasteiger partial charge is 0.726 e. The predicted molar refractivity (Wildman–Crippen MR) is 151 cm³/mol.